The van der Waals surface area contributed by atoms with Crippen LogP contribution in [0.25, 0.3) is 0 Å². The van der Waals surface area contributed by atoms with Crippen LogP contribution in [0.3, 0.4) is 0 Å². The Kier molecular flexibility index (Phi) is 3.83. The third kappa shape index (κ3) is 2.04. The maximum atomic E-state index is 2.67. The van der Waals surface area contributed by atoms with Crippen LogP contribution in [0.15, 0.2) is 83.2 Å². The van der Waals surface area contributed by atoms with Gasteiger partial charge in [0.2, 0.25) is 0 Å². The highest BCUT2D eigenvalue weighted by Crippen LogP contribution is 2.81. The van der Waals surface area contributed by atoms with E-state index in [1.165, 1.54) is 0 Å². The van der Waals surface area contributed by atoms with Gasteiger partial charge in [-0.15, -0.1) is 0 Å². The van der Waals surface area contributed by atoms with Crippen LogP contribution >= 0.6 is 15.8 Å². The van der Waals surface area contributed by atoms with Crippen LogP contribution in [0.2, 0.25) is 0 Å². The second-order valence-corrected chi connectivity index (χ2v) is 12.8. The molecular weight excluding hydrogens is 350 g/mol. The third-order valence-corrected chi connectivity index (χ3v) is 14.0. The molecule has 3 heterocycles. The Balaban J connectivity index is 1.68. The van der Waals surface area contributed by atoms with Crippen LogP contribution in [0.5, 0.6) is 0 Å². The summed E-state index contributed by atoms with van der Waals surface area (Å²) in [4.78, 5) is 0. The van der Waals surface area contributed by atoms with Gasteiger partial charge in [-0.3, -0.25) is 0 Å². The van der Waals surface area contributed by atoms with E-state index >= 15 is 0 Å². The Morgan fingerprint density at radius 1 is 0.769 bits per heavy atom. The van der Waals surface area contributed by atoms with Crippen molar-refractivity contribution in [3.8, 4) is 0 Å². The van der Waals surface area contributed by atoms with Crippen molar-refractivity contribution in [2.45, 2.75) is 44.7 Å². The highest BCUT2D eigenvalue weighted by Gasteiger charge is 2.66. The van der Waals surface area contributed by atoms with Crippen LogP contribution in [0.1, 0.15) is 27.7 Å². The van der Waals surface area contributed by atoms with Gasteiger partial charge in [0.05, 0.1) is 0 Å². The molecule has 0 spiro atoms. The average molecular weight is 376 g/mol. The fourth-order valence-electron chi connectivity index (χ4n) is 5.71. The summed E-state index contributed by atoms with van der Waals surface area (Å²) in [6, 6.07) is 22.7. The fourth-order valence-corrected chi connectivity index (χ4v) is 14.2. The second kappa shape index (κ2) is 5.89. The normalized spacial score (nSPS) is 37.8. The molecule has 5 rings (SSSR count). The molecular formula is C24H26P2. The average Bonchev–Trinajstić information content (AvgIpc) is 3.20. The first kappa shape index (κ1) is 16.9. The van der Waals surface area contributed by atoms with Crippen LogP contribution in [0.4, 0.5) is 0 Å². The van der Waals surface area contributed by atoms with Gasteiger partial charge >= 0.3 is 0 Å². The number of rotatable bonds is 2. The Morgan fingerprint density at radius 3 is 1.96 bits per heavy atom. The first-order valence-electron chi connectivity index (χ1n) is 9.58. The van der Waals surface area contributed by atoms with Gasteiger partial charge in [-0.1, -0.05) is 98.0 Å². The molecule has 2 bridgehead atoms. The Labute approximate surface area is 159 Å². The van der Waals surface area contributed by atoms with Crippen LogP contribution in [0, 0.1) is 5.41 Å². The van der Waals surface area contributed by atoms with E-state index in [1.54, 1.807) is 27.3 Å². The smallest absolute Gasteiger partial charge is 0.0144 e. The van der Waals surface area contributed by atoms with Gasteiger partial charge in [-0.2, -0.15) is 0 Å². The summed E-state index contributed by atoms with van der Waals surface area (Å²) in [6.45, 7) is 9.87. The van der Waals surface area contributed by atoms with E-state index in [1.807, 2.05) is 0 Å². The fraction of sp³-hybridized carbons (Fsp3) is 0.333. The maximum Gasteiger partial charge on any atom is 0.0144 e. The summed E-state index contributed by atoms with van der Waals surface area (Å²) in [5, 5.41) is 3.18. The van der Waals surface area contributed by atoms with Gasteiger partial charge in [-0.05, 0) is 39.3 Å². The van der Waals surface area contributed by atoms with Crippen molar-refractivity contribution in [3.63, 3.8) is 0 Å². The van der Waals surface area contributed by atoms with Crippen LogP contribution in [-0.4, -0.2) is 17.0 Å². The van der Waals surface area contributed by atoms with Crippen molar-refractivity contribution < 1.29 is 0 Å². The first-order chi connectivity index (χ1) is 12.5. The summed E-state index contributed by atoms with van der Waals surface area (Å²) < 4.78 is 0. The molecule has 132 valence electrons. The van der Waals surface area contributed by atoms with E-state index in [9.17, 15) is 0 Å². The second-order valence-electron chi connectivity index (χ2n) is 8.24. The largest absolute Gasteiger partial charge is 0.0653 e. The summed E-state index contributed by atoms with van der Waals surface area (Å²) >= 11 is 0. The Morgan fingerprint density at radius 2 is 1.35 bits per heavy atom. The molecule has 0 nitrogen and oxygen atoms in total. The lowest BCUT2D eigenvalue weighted by molar-refractivity contribution is 0.400. The molecule has 1 saturated heterocycles. The van der Waals surface area contributed by atoms with E-state index in [4.69, 9.17) is 0 Å². The molecule has 0 aromatic heterocycles. The molecule has 3 aliphatic heterocycles. The molecule has 0 saturated carbocycles. The van der Waals surface area contributed by atoms with E-state index in [-0.39, 0.29) is 15.8 Å². The minimum absolute atomic E-state index is 0.154. The highest BCUT2D eigenvalue weighted by molar-refractivity contribution is 7.74. The van der Waals surface area contributed by atoms with Crippen molar-refractivity contribution in [2.24, 2.45) is 5.41 Å². The summed E-state index contributed by atoms with van der Waals surface area (Å²) in [7, 11) is -0.380. The highest BCUT2D eigenvalue weighted by atomic mass is 31.1. The van der Waals surface area contributed by atoms with E-state index in [0.29, 0.717) is 5.41 Å². The number of hydrogen-bond donors (Lipinski definition) is 0. The van der Waals surface area contributed by atoms with Gasteiger partial charge in [0, 0.05) is 22.4 Å². The lowest BCUT2D eigenvalue weighted by Crippen LogP contribution is -2.40. The monoisotopic (exact) mass is 376 g/mol. The Hall–Kier alpha value is -1.22. The van der Waals surface area contributed by atoms with Crippen molar-refractivity contribution in [2.75, 3.05) is 0 Å². The van der Waals surface area contributed by atoms with Crippen molar-refractivity contribution in [3.05, 3.63) is 83.2 Å². The Bertz CT molecular complexity index is 912. The zero-order chi connectivity index (χ0) is 18.1. The van der Waals surface area contributed by atoms with E-state index in [2.05, 4.69) is 94.2 Å². The van der Waals surface area contributed by atoms with Gasteiger partial charge in [-0.25, -0.2) is 0 Å². The molecule has 26 heavy (non-hydrogen) atoms. The summed E-state index contributed by atoms with van der Waals surface area (Å²) in [5.74, 6) is 2.67. The molecule has 2 unspecified atom stereocenters. The zero-order valence-corrected chi connectivity index (χ0v) is 17.8. The molecule has 0 N–H and O–H groups in total. The van der Waals surface area contributed by atoms with Gasteiger partial charge < -0.3 is 0 Å². The molecule has 0 amide bonds. The zero-order valence-electron chi connectivity index (χ0n) is 16.0. The third-order valence-electron chi connectivity index (χ3n) is 7.13. The number of allylic oxidation sites excluding steroid dienone is 3. The molecule has 1 fully saturated rings. The molecule has 3 aliphatic rings. The van der Waals surface area contributed by atoms with Crippen molar-refractivity contribution in [1.29, 1.82) is 0 Å². The standard InChI is InChI=1S/C24H26P2/c1-16-15-25(19-11-7-5-8-12-19)23-21-17(2)18(3)22(24(16,23)4)26(21)20-13-9-6-10-14-20/h5-15,21-23H,1-4H3/t21-,22+,23-,24-,25?,26?/m1/s1. The van der Waals surface area contributed by atoms with Crippen molar-refractivity contribution >= 4 is 26.5 Å². The molecule has 6 atom stereocenters. The number of benzene rings is 2. The van der Waals surface area contributed by atoms with E-state index in [0.717, 1.165) is 17.0 Å². The first-order valence-corrected chi connectivity index (χ1v) is 12.5. The molecule has 2 aromatic rings. The van der Waals surface area contributed by atoms with Gasteiger partial charge in [0.15, 0.2) is 0 Å². The van der Waals surface area contributed by atoms with Crippen LogP contribution < -0.4 is 10.6 Å². The van der Waals surface area contributed by atoms with Crippen molar-refractivity contribution in [1.82, 2.24) is 0 Å². The summed E-state index contributed by atoms with van der Waals surface area (Å²) in [5.41, 5.74) is 7.66. The topological polar surface area (TPSA) is 0 Å². The quantitative estimate of drug-likeness (QED) is 0.446. The lowest BCUT2D eigenvalue weighted by atomic mass is 9.69. The maximum absolute atomic E-state index is 2.67. The number of fused-ring (bicyclic) bond motifs is 5. The molecule has 0 radical (unpaired) electrons. The lowest BCUT2D eigenvalue weighted by Gasteiger charge is -2.40. The minimum atomic E-state index is -0.226. The van der Waals surface area contributed by atoms with Gasteiger partial charge in [0.1, 0.15) is 0 Å². The predicted octanol–water partition coefficient (Wildman–Crippen LogP) is 5.99. The number of hydrogen-bond acceptors (Lipinski definition) is 0. The summed E-state index contributed by atoms with van der Waals surface area (Å²) in [6.07, 6.45) is 0. The van der Waals surface area contributed by atoms with Crippen LogP contribution in [-0.2, 0) is 0 Å². The molecule has 2 aromatic carbocycles. The minimum Gasteiger partial charge on any atom is -0.0653 e. The van der Waals surface area contributed by atoms with E-state index < -0.39 is 0 Å². The van der Waals surface area contributed by atoms with Gasteiger partial charge in [0.25, 0.3) is 0 Å². The molecule has 2 heteroatoms. The predicted molar refractivity (Wildman–Crippen MR) is 118 cm³/mol. The SMILES string of the molecule is CC1=CP(c2ccccc2)[C@@H]2[C@H]3C(C)=C(C)[C@H](P3c3ccccc3)[C@@]12C. The molecule has 0 aliphatic carbocycles.